The summed E-state index contributed by atoms with van der Waals surface area (Å²) in [4.78, 5) is 15.5. The number of fused-ring (bicyclic) bond motifs is 1. The van der Waals surface area contributed by atoms with E-state index in [9.17, 15) is 9.18 Å². The summed E-state index contributed by atoms with van der Waals surface area (Å²) in [6, 6.07) is 6.15. The lowest BCUT2D eigenvalue weighted by molar-refractivity contribution is 0.102. The number of hydrogen-bond acceptors (Lipinski definition) is 5. The van der Waals surface area contributed by atoms with Gasteiger partial charge in [-0.3, -0.25) is 4.79 Å². The van der Waals surface area contributed by atoms with Crippen molar-refractivity contribution in [3.63, 3.8) is 0 Å². The molecule has 1 aromatic carbocycles. The van der Waals surface area contributed by atoms with Crippen molar-refractivity contribution in [2.24, 2.45) is 0 Å². The maximum Gasteiger partial charge on any atom is 0.258 e. The maximum absolute atomic E-state index is 13.7. The molecule has 0 spiro atoms. The van der Waals surface area contributed by atoms with Gasteiger partial charge in [0, 0.05) is 18.0 Å². The number of carbonyl (C=O) groups is 1. The molecule has 1 amide bonds. The number of nitrogens with one attached hydrogen (secondary N) is 1. The van der Waals surface area contributed by atoms with Gasteiger partial charge in [0.2, 0.25) is 6.79 Å². The first-order valence-corrected chi connectivity index (χ1v) is 5.76. The summed E-state index contributed by atoms with van der Waals surface area (Å²) in [6.07, 6.45) is 1.27. The number of nitrogens with two attached hydrogens (primary N) is 1. The van der Waals surface area contributed by atoms with Crippen LogP contribution in [0, 0.1) is 5.82 Å². The summed E-state index contributed by atoms with van der Waals surface area (Å²) in [6.45, 7) is 0.141. The average molecular weight is 275 g/mol. The predicted octanol–water partition coefficient (Wildman–Crippen LogP) is 1.78. The van der Waals surface area contributed by atoms with Gasteiger partial charge in [-0.1, -0.05) is 0 Å². The molecule has 0 unspecified atom stereocenters. The van der Waals surface area contributed by atoms with Crippen LogP contribution in [0.2, 0.25) is 0 Å². The zero-order chi connectivity index (χ0) is 14.1. The van der Waals surface area contributed by atoms with Crippen molar-refractivity contribution < 1.29 is 18.7 Å². The molecule has 3 rings (SSSR count). The predicted molar refractivity (Wildman–Crippen MR) is 69.1 cm³/mol. The van der Waals surface area contributed by atoms with Gasteiger partial charge >= 0.3 is 0 Å². The van der Waals surface area contributed by atoms with E-state index in [2.05, 4.69) is 10.3 Å². The highest BCUT2D eigenvalue weighted by molar-refractivity contribution is 6.05. The van der Waals surface area contributed by atoms with Crippen LogP contribution in [0.25, 0.3) is 0 Å². The zero-order valence-corrected chi connectivity index (χ0v) is 10.2. The lowest BCUT2D eigenvalue weighted by Crippen LogP contribution is -2.15. The molecule has 20 heavy (non-hydrogen) atoms. The van der Waals surface area contributed by atoms with Crippen molar-refractivity contribution in [2.45, 2.75) is 0 Å². The van der Waals surface area contributed by atoms with Crippen LogP contribution in [0.3, 0.4) is 0 Å². The topological polar surface area (TPSA) is 86.5 Å². The van der Waals surface area contributed by atoms with Crippen molar-refractivity contribution in [3.8, 4) is 11.5 Å². The molecule has 0 atom stereocenters. The van der Waals surface area contributed by atoms with Crippen LogP contribution < -0.4 is 20.5 Å². The summed E-state index contributed by atoms with van der Waals surface area (Å²) in [5.41, 5.74) is 5.62. The quantitative estimate of drug-likeness (QED) is 0.872. The van der Waals surface area contributed by atoms with E-state index >= 15 is 0 Å². The number of rotatable bonds is 2. The molecule has 0 saturated carbocycles. The van der Waals surface area contributed by atoms with Crippen molar-refractivity contribution >= 4 is 17.4 Å². The van der Waals surface area contributed by atoms with Gasteiger partial charge in [0.05, 0.1) is 5.56 Å². The number of nitrogen functional groups attached to an aromatic ring is 1. The van der Waals surface area contributed by atoms with E-state index in [1.807, 2.05) is 0 Å². The van der Waals surface area contributed by atoms with E-state index in [1.165, 1.54) is 12.3 Å². The fraction of sp³-hybridized carbons (Fsp3) is 0.0769. The highest BCUT2D eigenvalue weighted by atomic mass is 19.1. The van der Waals surface area contributed by atoms with Gasteiger partial charge in [0.1, 0.15) is 0 Å². The summed E-state index contributed by atoms with van der Waals surface area (Å²) in [7, 11) is 0. The lowest BCUT2D eigenvalue weighted by Gasteiger charge is -2.07. The number of halogens is 1. The number of amides is 1. The summed E-state index contributed by atoms with van der Waals surface area (Å²) >= 11 is 0. The molecular formula is C13H10FN3O3. The second-order valence-corrected chi connectivity index (χ2v) is 4.08. The molecule has 0 fully saturated rings. The Balaban J connectivity index is 1.84. The molecule has 2 aromatic rings. The molecule has 0 aliphatic carbocycles. The number of ether oxygens (including phenoxy) is 2. The van der Waals surface area contributed by atoms with Crippen molar-refractivity contribution in [2.75, 3.05) is 17.8 Å². The highest BCUT2D eigenvalue weighted by Crippen LogP contribution is 2.34. The maximum atomic E-state index is 13.7. The molecule has 6 nitrogen and oxygen atoms in total. The Kier molecular flexibility index (Phi) is 2.86. The lowest BCUT2D eigenvalue weighted by atomic mass is 10.2. The largest absolute Gasteiger partial charge is 0.454 e. The summed E-state index contributed by atoms with van der Waals surface area (Å²) in [5, 5.41) is 2.56. The van der Waals surface area contributed by atoms with E-state index in [-0.39, 0.29) is 18.2 Å². The van der Waals surface area contributed by atoms with Gasteiger partial charge in [0.15, 0.2) is 23.1 Å². The second-order valence-electron chi connectivity index (χ2n) is 4.08. The minimum atomic E-state index is -0.842. The van der Waals surface area contributed by atoms with E-state index in [4.69, 9.17) is 15.2 Å². The number of pyridine rings is 1. The van der Waals surface area contributed by atoms with Crippen LogP contribution >= 0.6 is 0 Å². The van der Waals surface area contributed by atoms with Crippen LogP contribution in [0.4, 0.5) is 15.9 Å². The molecule has 7 heteroatoms. The van der Waals surface area contributed by atoms with Crippen molar-refractivity contribution in [3.05, 3.63) is 41.8 Å². The third-order valence-corrected chi connectivity index (χ3v) is 2.79. The SMILES string of the molecule is Nc1nccc(C(=O)Nc2ccc3c(c2)OCO3)c1F. The molecule has 0 saturated heterocycles. The average Bonchev–Trinajstić information content (AvgIpc) is 2.89. The first-order valence-electron chi connectivity index (χ1n) is 5.76. The smallest absolute Gasteiger partial charge is 0.258 e. The summed E-state index contributed by atoms with van der Waals surface area (Å²) < 4.78 is 24.0. The second kappa shape index (κ2) is 4.69. The van der Waals surface area contributed by atoms with E-state index < -0.39 is 11.7 Å². The Morgan fingerprint density at radius 2 is 2.10 bits per heavy atom. The van der Waals surface area contributed by atoms with Crippen LogP contribution in [-0.2, 0) is 0 Å². The molecule has 1 aliphatic rings. The molecule has 2 heterocycles. The van der Waals surface area contributed by atoms with Gasteiger partial charge in [-0.05, 0) is 18.2 Å². The third kappa shape index (κ3) is 2.09. The van der Waals surface area contributed by atoms with Crippen LogP contribution in [0.5, 0.6) is 11.5 Å². The number of carbonyl (C=O) groups excluding carboxylic acids is 1. The molecule has 0 radical (unpaired) electrons. The van der Waals surface area contributed by atoms with Gasteiger partial charge in [-0.25, -0.2) is 9.37 Å². The Morgan fingerprint density at radius 1 is 1.30 bits per heavy atom. The monoisotopic (exact) mass is 275 g/mol. The minimum Gasteiger partial charge on any atom is -0.454 e. The molecule has 1 aliphatic heterocycles. The summed E-state index contributed by atoms with van der Waals surface area (Å²) in [5.74, 6) is -0.649. The van der Waals surface area contributed by atoms with Crippen LogP contribution in [-0.4, -0.2) is 17.7 Å². The number of anilines is 2. The van der Waals surface area contributed by atoms with E-state index in [0.29, 0.717) is 17.2 Å². The third-order valence-electron chi connectivity index (χ3n) is 2.79. The van der Waals surface area contributed by atoms with Crippen molar-refractivity contribution in [1.29, 1.82) is 0 Å². The van der Waals surface area contributed by atoms with Crippen molar-refractivity contribution in [1.82, 2.24) is 4.98 Å². The normalized spacial score (nSPS) is 12.2. The number of aromatic nitrogens is 1. The molecule has 0 bridgehead atoms. The molecule has 3 N–H and O–H groups in total. The molecule has 102 valence electrons. The Hall–Kier alpha value is -2.83. The van der Waals surface area contributed by atoms with Gasteiger partial charge in [-0.2, -0.15) is 0 Å². The first-order chi connectivity index (χ1) is 9.65. The number of hydrogen-bond donors (Lipinski definition) is 2. The number of benzene rings is 1. The molecule has 1 aromatic heterocycles. The first kappa shape index (κ1) is 12.2. The van der Waals surface area contributed by atoms with Crippen LogP contribution in [0.15, 0.2) is 30.5 Å². The Morgan fingerprint density at radius 3 is 2.95 bits per heavy atom. The Labute approximate surface area is 113 Å². The minimum absolute atomic E-state index is 0.141. The fourth-order valence-corrected chi connectivity index (χ4v) is 1.81. The zero-order valence-electron chi connectivity index (χ0n) is 10.2. The number of nitrogens with zero attached hydrogens (tertiary/aromatic N) is 1. The fourth-order valence-electron chi connectivity index (χ4n) is 1.81. The van der Waals surface area contributed by atoms with Crippen LogP contribution in [0.1, 0.15) is 10.4 Å². The molecular weight excluding hydrogens is 265 g/mol. The van der Waals surface area contributed by atoms with E-state index in [0.717, 1.165) is 0 Å². The standard InChI is InChI=1S/C13H10FN3O3/c14-11-8(3-4-16-12(11)15)13(18)17-7-1-2-9-10(5-7)20-6-19-9/h1-5H,6H2,(H2,15,16)(H,17,18). The van der Waals surface area contributed by atoms with Gasteiger partial charge in [-0.15, -0.1) is 0 Å². The van der Waals surface area contributed by atoms with Gasteiger partial charge < -0.3 is 20.5 Å². The Bertz CT molecular complexity index is 691. The van der Waals surface area contributed by atoms with E-state index in [1.54, 1.807) is 18.2 Å². The highest BCUT2D eigenvalue weighted by Gasteiger charge is 2.17. The van der Waals surface area contributed by atoms with Gasteiger partial charge in [0.25, 0.3) is 5.91 Å².